The van der Waals surface area contributed by atoms with Crippen molar-refractivity contribution in [1.29, 1.82) is 0 Å². The Hall–Kier alpha value is -1.67. The van der Waals surface area contributed by atoms with Crippen LogP contribution in [0.15, 0.2) is 36.5 Å². The summed E-state index contributed by atoms with van der Waals surface area (Å²) in [6, 6.07) is 11.1. The summed E-state index contributed by atoms with van der Waals surface area (Å²) in [5.41, 5.74) is 3.73. The van der Waals surface area contributed by atoms with Crippen LogP contribution in [0.2, 0.25) is 0 Å². The third kappa shape index (κ3) is 5.28. The molecule has 0 atom stereocenters. The number of hydrogen-bond donors (Lipinski definition) is 2. The van der Waals surface area contributed by atoms with Crippen molar-refractivity contribution in [2.24, 2.45) is 0 Å². The largest absolute Gasteiger partial charge is 0.361 e. The number of hydrogen-bond acceptors (Lipinski definition) is 4. The molecule has 0 radical (unpaired) electrons. The molecule has 3 heterocycles. The summed E-state index contributed by atoms with van der Waals surface area (Å²) < 4.78 is 26.0. The number of nitrogens with zero attached hydrogens (tertiary/aromatic N) is 1. The van der Waals surface area contributed by atoms with Crippen LogP contribution in [0, 0.1) is 0 Å². The third-order valence-electron chi connectivity index (χ3n) is 6.57. The molecule has 0 amide bonds. The molecule has 2 N–H and O–H groups in total. The molecule has 0 unspecified atom stereocenters. The summed E-state index contributed by atoms with van der Waals surface area (Å²) in [6.45, 7) is 7.21. The molecule has 0 saturated carbocycles. The highest BCUT2D eigenvalue weighted by molar-refractivity contribution is 7.89. The minimum absolute atomic E-state index is 0.186. The number of thiophene rings is 1. The van der Waals surface area contributed by atoms with Gasteiger partial charge in [0.1, 0.15) is 0 Å². The standard InChI is InChI=1S/C25H35N3O2S2/c1-3-5-6-13-26-17-21-8-10-25(31-21)20-7-9-24-22(16-20)23(18-27-24)19-11-14-28(15-12-19)32(29,30)4-2/h7-10,16,18-19,26-27H,3-6,11-15,17H2,1-2H3. The fraction of sp³-hybridized carbons (Fsp3) is 0.520. The minimum atomic E-state index is -3.09. The predicted octanol–water partition coefficient (Wildman–Crippen LogP) is 5.71. The van der Waals surface area contributed by atoms with E-state index in [0.717, 1.165) is 31.4 Å². The molecule has 0 spiro atoms. The van der Waals surface area contributed by atoms with E-state index in [4.69, 9.17) is 0 Å². The molecule has 7 heteroatoms. The van der Waals surface area contributed by atoms with E-state index >= 15 is 0 Å². The van der Waals surface area contributed by atoms with Crippen LogP contribution in [-0.2, 0) is 16.6 Å². The molecule has 1 aromatic carbocycles. The highest BCUT2D eigenvalue weighted by atomic mass is 32.2. The Balaban J connectivity index is 1.46. The van der Waals surface area contributed by atoms with Gasteiger partial charge in [-0.1, -0.05) is 25.8 Å². The fourth-order valence-corrected chi connectivity index (χ4v) is 6.71. The maximum absolute atomic E-state index is 12.2. The van der Waals surface area contributed by atoms with E-state index in [2.05, 4.69) is 53.8 Å². The summed E-state index contributed by atoms with van der Waals surface area (Å²) in [5.74, 6) is 0.582. The first-order chi connectivity index (χ1) is 15.5. The second kappa shape index (κ2) is 10.5. The van der Waals surface area contributed by atoms with Crippen molar-refractivity contribution in [1.82, 2.24) is 14.6 Å². The Morgan fingerprint density at radius 2 is 1.94 bits per heavy atom. The zero-order valence-electron chi connectivity index (χ0n) is 19.2. The van der Waals surface area contributed by atoms with E-state index in [0.29, 0.717) is 19.0 Å². The molecule has 5 nitrogen and oxygen atoms in total. The topological polar surface area (TPSA) is 65.2 Å². The second-order valence-electron chi connectivity index (χ2n) is 8.73. The van der Waals surface area contributed by atoms with Gasteiger partial charge in [-0.05, 0) is 74.0 Å². The Morgan fingerprint density at radius 3 is 2.69 bits per heavy atom. The van der Waals surface area contributed by atoms with Gasteiger partial charge in [0, 0.05) is 46.5 Å². The zero-order chi connectivity index (χ0) is 22.6. The molecule has 2 aromatic heterocycles. The fourth-order valence-electron chi connectivity index (χ4n) is 4.60. The van der Waals surface area contributed by atoms with Gasteiger partial charge in [-0.25, -0.2) is 12.7 Å². The van der Waals surface area contributed by atoms with Crippen LogP contribution in [0.25, 0.3) is 21.3 Å². The van der Waals surface area contributed by atoms with Gasteiger partial charge in [-0.3, -0.25) is 0 Å². The number of fused-ring (bicyclic) bond motifs is 1. The number of sulfonamides is 1. The number of aromatic amines is 1. The van der Waals surface area contributed by atoms with E-state index in [1.54, 1.807) is 11.2 Å². The molecule has 32 heavy (non-hydrogen) atoms. The number of nitrogens with one attached hydrogen (secondary N) is 2. The summed E-state index contributed by atoms with van der Waals surface area (Å²) >= 11 is 1.86. The molecule has 1 aliphatic heterocycles. The zero-order valence-corrected chi connectivity index (χ0v) is 20.8. The number of aromatic nitrogens is 1. The smallest absolute Gasteiger partial charge is 0.213 e. The lowest BCUT2D eigenvalue weighted by Crippen LogP contribution is -2.38. The predicted molar refractivity (Wildman–Crippen MR) is 136 cm³/mol. The molecule has 0 aliphatic carbocycles. The first-order valence-corrected chi connectivity index (χ1v) is 14.3. The van der Waals surface area contributed by atoms with Crippen LogP contribution in [0.3, 0.4) is 0 Å². The Kier molecular flexibility index (Phi) is 7.71. The van der Waals surface area contributed by atoms with Crippen LogP contribution in [0.4, 0.5) is 0 Å². The van der Waals surface area contributed by atoms with Crippen molar-refractivity contribution in [3.8, 4) is 10.4 Å². The van der Waals surface area contributed by atoms with E-state index in [1.807, 2.05) is 11.3 Å². The average molecular weight is 474 g/mol. The second-order valence-corrected chi connectivity index (χ2v) is 12.2. The number of unbranched alkanes of at least 4 members (excludes halogenated alkanes) is 2. The summed E-state index contributed by atoms with van der Waals surface area (Å²) in [6.07, 6.45) is 7.67. The SMILES string of the molecule is CCCCCNCc1ccc(-c2ccc3[nH]cc(C4CCN(S(=O)(=O)CC)CC4)c3c2)s1. The maximum atomic E-state index is 12.2. The van der Waals surface area contributed by atoms with Crippen LogP contribution in [-0.4, -0.2) is 43.1 Å². The summed E-state index contributed by atoms with van der Waals surface area (Å²) in [7, 11) is -3.09. The van der Waals surface area contributed by atoms with Gasteiger partial charge in [-0.2, -0.15) is 0 Å². The van der Waals surface area contributed by atoms with Crippen LogP contribution in [0.1, 0.15) is 62.3 Å². The summed E-state index contributed by atoms with van der Waals surface area (Å²) in [5, 5.41) is 4.83. The van der Waals surface area contributed by atoms with Crippen molar-refractivity contribution < 1.29 is 8.42 Å². The van der Waals surface area contributed by atoms with Gasteiger partial charge in [0.15, 0.2) is 0 Å². The average Bonchev–Trinajstić information content (AvgIpc) is 3.46. The van der Waals surface area contributed by atoms with E-state index in [-0.39, 0.29) is 5.75 Å². The molecule has 174 valence electrons. The molecule has 1 aliphatic rings. The number of H-pyrrole nitrogens is 1. The van der Waals surface area contributed by atoms with Gasteiger partial charge in [0.25, 0.3) is 0 Å². The van der Waals surface area contributed by atoms with Crippen molar-refractivity contribution in [3.63, 3.8) is 0 Å². The van der Waals surface area contributed by atoms with Gasteiger partial charge in [0.05, 0.1) is 5.75 Å². The van der Waals surface area contributed by atoms with E-state index < -0.39 is 10.0 Å². The normalized spacial score (nSPS) is 16.2. The van der Waals surface area contributed by atoms with Crippen LogP contribution >= 0.6 is 11.3 Å². The van der Waals surface area contributed by atoms with Crippen molar-refractivity contribution in [2.75, 3.05) is 25.4 Å². The van der Waals surface area contributed by atoms with E-state index in [9.17, 15) is 8.42 Å². The molecule has 0 bridgehead atoms. The maximum Gasteiger partial charge on any atom is 0.213 e. The van der Waals surface area contributed by atoms with Gasteiger partial charge < -0.3 is 10.3 Å². The quantitative estimate of drug-likeness (QED) is 0.371. The highest BCUT2D eigenvalue weighted by Crippen LogP contribution is 2.37. The molecular weight excluding hydrogens is 438 g/mol. The third-order valence-corrected chi connectivity index (χ3v) is 9.58. The lowest BCUT2D eigenvalue weighted by molar-refractivity contribution is 0.321. The molecular formula is C25H35N3O2S2. The summed E-state index contributed by atoms with van der Waals surface area (Å²) in [4.78, 5) is 6.10. The first-order valence-electron chi connectivity index (χ1n) is 11.9. The molecule has 1 fully saturated rings. The van der Waals surface area contributed by atoms with Gasteiger partial charge in [-0.15, -0.1) is 11.3 Å². The Morgan fingerprint density at radius 1 is 1.12 bits per heavy atom. The lowest BCUT2D eigenvalue weighted by Gasteiger charge is -2.30. The van der Waals surface area contributed by atoms with Crippen molar-refractivity contribution in [2.45, 2.75) is 58.4 Å². The monoisotopic (exact) mass is 473 g/mol. The van der Waals surface area contributed by atoms with E-state index in [1.165, 1.54) is 45.5 Å². The van der Waals surface area contributed by atoms with Gasteiger partial charge >= 0.3 is 0 Å². The molecule has 4 rings (SSSR count). The van der Waals surface area contributed by atoms with Gasteiger partial charge in [0.2, 0.25) is 10.0 Å². The molecule has 1 saturated heterocycles. The number of benzene rings is 1. The number of piperidine rings is 1. The highest BCUT2D eigenvalue weighted by Gasteiger charge is 2.28. The Bertz CT molecular complexity index is 1130. The molecule has 3 aromatic rings. The van der Waals surface area contributed by atoms with Crippen molar-refractivity contribution in [3.05, 3.63) is 47.0 Å². The number of rotatable bonds is 10. The lowest BCUT2D eigenvalue weighted by atomic mass is 9.89. The van der Waals surface area contributed by atoms with Crippen LogP contribution < -0.4 is 5.32 Å². The minimum Gasteiger partial charge on any atom is -0.361 e. The van der Waals surface area contributed by atoms with Crippen molar-refractivity contribution >= 4 is 32.3 Å². The first kappa shape index (κ1) is 23.5. The van der Waals surface area contributed by atoms with Crippen LogP contribution in [0.5, 0.6) is 0 Å². The Labute approximate surface area is 196 Å².